The van der Waals surface area contributed by atoms with Crippen LogP contribution in [0.15, 0.2) is 22.6 Å². The molecule has 0 saturated carbocycles. The molecule has 0 unspecified atom stereocenters. The number of thiazole rings is 1. The highest BCUT2D eigenvalue weighted by Crippen LogP contribution is 2.32. The van der Waals surface area contributed by atoms with Crippen LogP contribution >= 0.6 is 11.3 Å². The summed E-state index contributed by atoms with van der Waals surface area (Å²) < 4.78 is 6.35. The van der Waals surface area contributed by atoms with E-state index in [1.165, 1.54) is 11.3 Å². The fourth-order valence-electron chi connectivity index (χ4n) is 1.88. The lowest BCUT2D eigenvalue weighted by Gasteiger charge is -1.91. The summed E-state index contributed by atoms with van der Waals surface area (Å²) in [6.45, 7) is 3.65. The number of hydrogen-bond acceptors (Lipinski definition) is 5. The Hall–Kier alpha value is -2.21. The van der Waals surface area contributed by atoms with Crippen molar-refractivity contribution in [1.29, 1.82) is 0 Å². The van der Waals surface area contributed by atoms with Gasteiger partial charge in [-0.15, -0.1) is 11.3 Å². The van der Waals surface area contributed by atoms with E-state index in [4.69, 9.17) is 9.52 Å². The Labute approximate surface area is 112 Å². The molecule has 0 saturated heterocycles. The Bertz CT molecular complexity index is 788. The average molecular weight is 274 g/mol. The zero-order valence-electron chi connectivity index (χ0n) is 10.3. The van der Waals surface area contributed by atoms with Crippen molar-refractivity contribution in [3.05, 3.63) is 35.3 Å². The van der Waals surface area contributed by atoms with Crippen LogP contribution in [0, 0.1) is 13.8 Å². The van der Waals surface area contributed by atoms with Crippen molar-refractivity contribution in [2.75, 3.05) is 0 Å². The first-order valence-electron chi connectivity index (χ1n) is 5.63. The largest absolute Gasteiger partial charge is 0.478 e. The average Bonchev–Trinajstić information content (AvgIpc) is 2.90. The molecule has 2 heterocycles. The van der Waals surface area contributed by atoms with Gasteiger partial charge < -0.3 is 9.52 Å². The second kappa shape index (κ2) is 4.17. The van der Waals surface area contributed by atoms with Crippen LogP contribution in [0.3, 0.4) is 0 Å². The van der Waals surface area contributed by atoms with Crippen LogP contribution in [0.5, 0.6) is 0 Å². The molecule has 2 aromatic heterocycles. The molecule has 0 aliphatic rings. The summed E-state index contributed by atoms with van der Waals surface area (Å²) in [4.78, 5) is 19.6. The maximum absolute atomic E-state index is 10.9. The van der Waals surface area contributed by atoms with Crippen molar-refractivity contribution in [3.8, 4) is 10.8 Å². The summed E-state index contributed by atoms with van der Waals surface area (Å²) in [6, 6.07) is 4.88. The van der Waals surface area contributed by atoms with Crippen LogP contribution in [0.25, 0.3) is 21.0 Å². The smallest absolute Gasteiger partial charge is 0.335 e. The third kappa shape index (κ3) is 2.00. The number of carboxylic acids is 1. The summed E-state index contributed by atoms with van der Waals surface area (Å²) in [6.07, 6.45) is 0. The molecule has 1 N–H and O–H groups in total. The number of rotatable bonds is 2. The highest BCUT2D eigenvalue weighted by atomic mass is 32.1. The predicted molar refractivity (Wildman–Crippen MR) is 71.6 cm³/mol. The van der Waals surface area contributed by atoms with Gasteiger partial charge in [0.1, 0.15) is 0 Å². The zero-order valence-corrected chi connectivity index (χ0v) is 11.1. The minimum Gasteiger partial charge on any atom is -0.478 e. The fraction of sp³-hybridized carbons (Fsp3) is 0.154. The minimum absolute atomic E-state index is 0.258. The summed E-state index contributed by atoms with van der Waals surface area (Å²) >= 11 is 1.40. The Kier molecular flexibility index (Phi) is 2.60. The van der Waals surface area contributed by atoms with Gasteiger partial charge in [-0.25, -0.2) is 14.8 Å². The van der Waals surface area contributed by atoms with Gasteiger partial charge in [-0.1, -0.05) is 0 Å². The van der Waals surface area contributed by atoms with Crippen LogP contribution in [0.2, 0.25) is 0 Å². The summed E-state index contributed by atoms with van der Waals surface area (Å²) in [5, 5.41) is 9.69. The number of aromatic nitrogens is 2. The lowest BCUT2D eigenvalue weighted by atomic mass is 10.2. The standard InChI is InChI=1S/C13H10N2O3S/c1-6-11(18-7(2)14-6)12-15-9-4-3-8(13(16)17)5-10(9)19-12/h3-5H,1-2H3,(H,16,17). The first-order valence-corrected chi connectivity index (χ1v) is 6.44. The zero-order chi connectivity index (χ0) is 13.6. The van der Waals surface area contributed by atoms with Crippen LogP contribution in [0.1, 0.15) is 21.9 Å². The topological polar surface area (TPSA) is 76.2 Å². The molecule has 6 heteroatoms. The van der Waals surface area contributed by atoms with Gasteiger partial charge in [0.05, 0.1) is 21.5 Å². The normalized spacial score (nSPS) is 11.1. The first kappa shape index (κ1) is 11.9. The number of fused-ring (bicyclic) bond motifs is 1. The van der Waals surface area contributed by atoms with Gasteiger partial charge in [0.15, 0.2) is 16.7 Å². The molecule has 0 radical (unpaired) electrons. The SMILES string of the molecule is Cc1nc(C)c(-c2nc3ccc(C(=O)O)cc3s2)o1. The minimum atomic E-state index is -0.941. The van der Waals surface area contributed by atoms with Crippen LogP contribution in [-0.2, 0) is 0 Å². The molecule has 0 amide bonds. The van der Waals surface area contributed by atoms with E-state index in [2.05, 4.69) is 9.97 Å². The molecule has 0 aliphatic heterocycles. The number of carbonyl (C=O) groups is 1. The first-order chi connectivity index (χ1) is 9.04. The van der Waals surface area contributed by atoms with Crippen molar-refractivity contribution in [3.63, 3.8) is 0 Å². The lowest BCUT2D eigenvalue weighted by molar-refractivity contribution is 0.0697. The predicted octanol–water partition coefficient (Wildman–Crippen LogP) is 3.27. The van der Waals surface area contributed by atoms with E-state index in [-0.39, 0.29) is 5.56 Å². The van der Waals surface area contributed by atoms with Crippen LogP contribution in [0.4, 0.5) is 0 Å². The van der Waals surface area contributed by atoms with Crippen molar-refractivity contribution in [1.82, 2.24) is 9.97 Å². The van der Waals surface area contributed by atoms with Crippen LogP contribution < -0.4 is 0 Å². The van der Waals surface area contributed by atoms with E-state index >= 15 is 0 Å². The molecular formula is C13H10N2O3S. The number of benzene rings is 1. The van der Waals surface area contributed by atoms with Gasteiger partial charge in [-0.05, 0) is 25.1 Å². The maximum Gasteiger partial charge on any atom is 0.335 e. The molecule has 5 nitrogen and oxygen atoms in total. The van der Waals surface area contributed by atoms with Gasteiger partial charge >= 0.3 is 5.97 Å². The van der Waals surface area contributed by atoms with Crippen molar-refractivity contribution in [2.24, 2.45) is 0 Å². The Balaban J connectivity index is 2.16. The Morgan fingerprint density at radius 2 is 2.11 bits per heavy atom. The number of nitrogens with zero attached hydrogens (tertiary/aromatic N) is 2. The van der Waals surface area contributed by atoms with Gasteiger partial charge in [0.25, 0.3) is 0 Å². The number of carboxylic acid groups (broad SMARTS) is 1. The molecule has 96 valence electrons. The van der Waals surface area contributed by atoms with E-state index in [1.807, 2.05) is 6.92 Å². The highest BCUT2D eigenvalue weighted by molar-refractivity contribution is 7.21. The molecular weight excluding hydrogens is 264 g/mol. The number of oxazole rings is 1. The monoisotopic (exact) mass is 274 g/mol. The van der Waals surface area contributed by atoms with Gasteiger partial charge in [0.2, 0.25) is 0 Å². The van der Waals surface area contributed by atoms with Crippen molar-refractivity contribution < 1.29 is 14.3 Å². The van der Waals surface area contributed by atoms with E-state index in [0.717, 1.165) is 20.9 Å². The molecule has 0 aliphatic carbocycles. The fourth-order valence-corrected chi connectivity index (χ4v) is 2.92. The quantitative estimate of drug-likeness (QED) is 0.776. The molecule has 3 aromatic rings. The van der Waals surface area contributed by atoms with Gasteiger partial charge in [0, 0.05) is 6.92 Å². The highest BCUT2D eigenvalue weighted by Gasteiger charge is 2.15. The molecule has 19 heavy (non-hydrogen) atoms. The molecule has 1 aromatic carbocycles. The van der Waals surface area contributed by atoms with E-state index in [0.29, 0.717) is 11.7 Å². The van der Waals surface area contributed by atoms with E-state index < -0.39 is 5.97 Å². The van der Waals surface area contributed by atoms with Crippen molar-refractivity contribution >= 4 is 27.5 Å². The molecule has 0 bridgehead atoms. The molecule has 0 spiro atoms. The Morgan fingerprint density at radius 1 is 1.32 bits per heavy atom. The number of hydrogen-bond donors (Lipinski definition) is 1. The molecule has 0 atom stereocenters. The Morgan fingerprint density at radius 3 is 2.74 bits per heavy atom. The second-order valence-electron chi connectivity index (χ2n) is 4.15. The van der Waals surface area contributed by atoms with E-state index in [9.17, 15) is 4.79 Å². The van der Waals surface area contributed by atoms with E-state index in [1.54, 1.807) is 25.1 Å². The summed E-state index contributed by atoms with van der Waals surface area (Å²) in [5.41, 5.74) is 1.81. The third-order valence-corrected chi connectivity index (χ3v) is 3.75. The summed E-state index contributed by atoms with van der Waals surface area (Å²) in [5.74, 6) is 0.303. The molecule has 0 fully saturated rings. The molecule has 3 rings (SSSR count). The lowest BCUT2D eigenvalue weighted by Crippen LogP contribution is -1.94. The third-order valence-electron chi connectivity index (χ3n) is 2.73. The van der Waals surface area contributed by atoms with Crippen molar-refractivity contribution in [2.45, 2.75) is 13.8 Å². The maximum atomic E-state index is 10.9. The number of aromatic carboxylic acids is 1. The van der Waals surface area contributed by atoms with Crippen LogP contribution in [-0.4, -0.2) is 21.0 Å². The number of aryl methyl sites for hydroxylation is 2. The van der Waals surface area contributed by atoms with Gasteiger partial charge in [-0.2, -0.15) is 0 Å². The summed E-state index contributed by atoms with van der Waals surface area (Å²) in [7, 11) is 0. The van der Waals surface area contributed by atoms with Gasteiger partial charge in [-0.3, -0.25) is 0 Å². The second-order valence-corrected chi connectivity index (χ2v) is 5.18.